The van der Waals surface area contributed by atoms with Gasteiger partial charge in [0.2, 0.25) is 5.91 Å². The predicted molar refractivity (Wildman–Crippen MR) is 84.0 cm³/mol. The number of carbonyl (C=O) groups is 2. The lowest BCUT2D eigenvalue weighted by molar-refractivity contribution is -0.121. The van der Waals surface area contributed by atoms with E-state index < -0.39 is 0 Å². The number of ether oxygens (including phenoxy) is 2. The van der Waals surface area contributed by atoms with Crippen LogP contribution in [0.25, 0.3) is 0 Å². The molecular weight excluding hydrogens is 284 g/mol. The van der Waals surface area contributed by atoms with Crippen molar-refractivity contribution in [3.63, 3.8) is 0 Å². The standard InChI is InChI=1S/C16H24N2O4/c1-11(2)22-14-7-5-13(6-8-14)16(20)17-9-15(19)18-12(3)10-21-4/h5-8,11-12H,9-10H2,1-4H3,(H,17,20)(H,18,19). The maximum absolute atomic E-state index is 11.9. The van der Waals surface area contributed by atoms with Crippen LogP contribution in [0.4, 0.5) is 0 Å². The van der Waals surface area contributed by atoms with Crippen molar-refractivity contribution in [2.75, 3.05) is 20.3 Å². The number of hydrogen-bond donors (Lipinski definition) is 2. The molecule has 122 valence electrons. The molecule has 1 atom stereocenters. The molecule has 22 heavy (non-hydrogen) atoms. The minimum absolute atomic E-state index is 0.0723. The van der Waals surface area contributed by atoms with Crippen molar-refractivity contribution in [2.24, 2.45) is 0 Å². The second-order valence-electron chi connectivity index (χ2n) is 5.30. The quantitative estimate of drug-likeness (QED) is 0.760. The molecule has 0 aliphatic heterocycles. The van der Waals surface area contributed by atoms with Crippen LogP contribution in [0.2, 0.25) is 0 Å². The van der Waals surface area contributed by atoms with Gasteiger partial charge in [-0.05, 0) is 45.0 Å². The van der Waals surface area contributed by atoms with Crippen LogP contribution in [-0.2, 0) is 9.53 Å². The summed E-state index contributed by atoms with van der Waals surface area (Å²) in [6.45, 7) is 6.05. The van der Waals surface area contributed by atoms with Crippen molar-refractivity contribution in [3.8, 4) is 5.75 Å². The summed E-state index contributed by atoms with van der Waals surface area (Å²) in [6, 6.07) is 6.70. The number of nitrogens with one attached hydrogen (secondary N) is 2. The molecule has 0 saturated heterocycles. The first-order valence-corrected chi connectivity index (χ1v) is 7.25. The zero-order chi connectivity index (χ0) is 16.5. The predicted octanol–water partition coefficient (Wildman–Crippen LogP) is 1.35. The van der Waals surface area contributed by atoms with E-state index in [-0.39, 0.29) is 30.5 Å². The van der Waals surface area contributed by atoms with Gasteiger partial charge in [-0.25, -0.2) is 0 Å². The van der Waals surface area contributed by atoms with Crippen molar-refractivity contribution in [1.82, 2.24) is 10.6 Å². The van der Waals surface area contributed by atoms with E-state index in [0.717, 1.165) is 0 Å². The van der Waals surface area contributed by atoms with E-state index in [0.29, 0.717) is 17.9 Å². The van der Waals surface area contributed by atoms with Crippen LogP contribution in [0.3, 0.4) is 0 Å². The first kappa shape index (κ1) is 18.0. The van der Waals surface area contributed by atoms with E-state index in [2.05, 4.69) is 10.6 Å². The largest absolute Gasteiger partial charge is 0.491 e. The Morgan fingerprint density at radius 3 is 2.32 bits per heavy atom. The molecule has 0 heterocycles. The summed E-state index contributed by atoms with van der Waals surface area (Å²) in [4.78, 5) is 23.6. The lowest BCUT2D eigenvalue weighted by Gasteiger charge is -2.13. The minimum atomic E-state index is -0.300. The summed E-state index contributed by atoms with van der Waals surface area (Å²) < 4.78 is 10.4. The number of amides is 2. The molecule has 0 aliphatic carbocycles. The topological polar surface area (TPSA) is 76.7 Å². The Bertz CT molecular complexity index is 485. The molecule has 1 rings (SSSR count). The number of hydrogen-bond acceptors (Lipinski definition) is 4. The summed E-state index contributed by atoms with van der Waals surface area (Å²) in [7, 11) is 1.57. The van der Waals surface area contributed by atoms with Gasteiger partial charge in [-0.1, -0.05) is 0 Å². The van der Waals surface area contributed by atoms with Gasteiger partial charge in [-0.3, -0.25) is 9.59 Å². The maximum Gasteiger partial charge on any atom is 0.251 e. The normalized spacial score (nSPS) is 11.9. The van der Waals surface area contributed by atoms with E-state index in [9.17, 15) is 9.59 Å². The Hall–Kier alpha value is -2.08. The Kier molecular flexibility index (Phi) is 7.39. The van der Waals surface area contributed by atoms with E-state index >= 15 is 0 Å². The highest BCUT2D eigenvalue weighted by molar-refractivity contribution is 5.96. The van der Waals surface area contributed by atoms with Gasteiger partial charge in [0.05, 0.1) is 19.3 Å². The van der Waals surface area contributed by atoms with Crippen LogP contribution in [0.5, 0.6) is 5.75 Å². The molecule has 2 amide bonds. The molecule has 0 aliphatic rings. The van der Waals surface area contributed by atoms with Gasteiger partial charge in [-0.2, -0.15) is 0 Å². The van der Waals surface area contributed by atoms with E-state index in [1.807, 2.05) is 20.8 Å². The maximum atomic E-state index is 11.9. The smallest absolute Gasteiger partial charge is 0.251 e. The molecule has 2 N–H and O–H groups in total. The molecular formula is C16H24N2O4. The summed E-state index contributed by atoms with van der Waals surface area (Å²) in [6.07, 6.45) is 0.0810. The monoisotopic (exact) mass is 308 g/mol. The van der Waals surface area contributed by atoms with Gasteiger partial charge < -0.3 is 20.1 Å². The fourth-order valence-electron chi connectivity index (χ4n) is 1.84. The SMILES string of the molecule is COCC(C)NC(=O)CNC(=O)c1ccc(OC(C)C)cc1. The highest BCUT2D eigenvalue weighted by atomic mass is 16.5. The summed E-state index contributed by atoms with van der Waals surface area (Å²) in [5, 5.41) is 5.29. The summed E-state index contributed by atoms with van der Waals surface area (Å²) in [5.41, 5.74) is 0.480. The van der Waals surface area contributed by atoms with Gasteiger partial charge in [0.1, 0.15) is 5.75 Å². The van der Waals surface area contributed by atoms with Gasteiger partial charge >= 0.3 is 0 Å². The van der Waals surface area contributed by atoms with E-state index in [1.54, 1.807) is 31.4 Å². The molecule has 6 heteroatoms. The highest BCUT2D eigenvalue weighted by Crippen LogP contribution is 2.13. The first-order chi connectivity index (χ1) is 10.4. The van der Waals surface area contributed by atoms with Gasteiger partial charge in [0.25, 0.3) is 5.91 Å². The van der Waals surface area contributed by atoms with Crippen molar-refractivity contribution in [1.29, 1.82) is 0 Å². The minimum Gasteiger partial charge on any atom is -0.491 e. The Morgan fingerprint density at radius 1 is 1.14 bits per heavy atom. The van der Waals surface area contributed by atoms with E-state index in [1.165, 1.54) is 0 Å². The average Bonchev–Trinajstić information content (AvgIpc) is 2.45. The molecule has 0 radical (unpaired) electrons. The number of benzene rings is 1. The number of methoxy groups -OCH3 is 1. The molecule has 0 aromatic heterocycles. The molecule has 1 unspecified atom stereocenters. The van der Waals surface area contributed by atoms with Crippen LogP contribution >= 0.6 is 0 Å². The second-order valence-corrected chi connectivity index (χ2v) is 5.30. The van der Waals surface area contributed by atoms with Crippen molar-refractivity contribution < 1.29 is 19.1 Å². The Labute approximate surface area is 131 Å². The zero-order valence-corrected chi connectivity index (χ0v) is 13.5. The second kappa shape index (κ2) is 9.04. The van der Waals surface area contributed by atoms with Gasteiger partial charge in [-0.15, -0.1) is 0 Å². The lowest BCUT2D eigenvalue weighted by Crippen LogP contribution is -2.42. The fourth-order valence-corrected chi connectivity index (χ4v) is 1.84. The third kappa shape index (κ3) is 6.58. The van der Waals surface area contributed by atoms with Crippen LogP contribution in [-0.4, -0.2) is 44.2 Å². The fraction of sp³-hybridized carbons (Fsp3) is 0.500. The third-order valence-corrected chi connectivity index (χ3v) is 2.72. The molecule has 0 saturated carbocycles. The molecule has 6 nitrogen and oxygen atoms in total. The molecule has 1 aromatic carbocycles. The third-order valence-electron chi connectivity index (χ3n) is 2.72. The van der Waals surface area contributed by atoms with Crippen molar-refractivity contribution >= 4 is 11.8 Å². The summed E-state index contributed by atoms with van der Waals surface area (Å²) in [5.74, 6) is 0.154. The average molecular weight is 308 g/mol. The Morgan fingerprint density at radius 2 is 1.77 bits per heavy atom. The molecule has 0 bridgehead atoms. The highest BCUT2D eigenvalue weighted by Gasteiger charge is 2.10. The van der Waals surface area contributed by atoms with Crippen molar-refractivity contribution in [3.05, 3.63) is 29.8 Å². The molecule has 1 aromatic rings. The molecule has 0 spiro atoms. The van der Waals surface area contributed by atoms with Crippen LogP contribution in [0, 0.1) is 0 Å². The van der Waals surface area contributed by atoms with Crippen molar-refractivity contribution in [2.45, 2.75) is 32.9 Å². The summed E-state index contributed by atoms with van der Waals surface area (Å²) >= 11 is 0. The Balaban J connectivity index is 2.43. The van der Waals surface area contributed by atoms with Gasteiger partial charge in [0, 0.05) is 18.7 Å². The number of rotatable bonds is 8. The van der Waals surface area contributed by atoms with Crippen LogP contribution < -0.4 is 15.4 Å². The van der Waals surface area contributed by atoms with Crippen LogP contribution in [0.1, 0.15) is 31.1 Å². The number of carbonyl (C=O) groups excluding carboxylic acids is 2. The zero-order valence-electron chi connectivity index (χ0n) is 13.5. The lowest BCUT2D eigenvalue weighted by atomic mass is 10.2. The van der Waals surface area contributed by atoms with Crippen LogP contribution in [0.15, 0.2) is 24.3 Å². The molecule has 0 fully saturated rings. The first-order valence-electron chi connectivity index (χ1n) is 7.25. The van der Waals surface area contributed by atoms with Gasteiger partial charge in [0.15, 0.2) is 0 Å². The van der Waals surface area contributed by atoms with E-state index in [4.69, 9.17) is 9.47 Å².